The topological polar surface area (TPSA) is 85.2 Å². The number of amides is 1. The Morgan fingerprint density at radius 1 is 1.40 bits per heavy atom. The van der Waals surface area contributed by atoms with Crippen molar-refractivity contribution in [2.75, 3.05) is 23.7 Å². The van der Waals surface area contributed by atoms with Crippen molar-refractivity contribution in [3.8, 4) is 0 Å². The van der Waals surface area contributed by atoms with Gasteiger partial charge in [-0.05, 0) is 18.9 Å². The van der Waals surface area contributed by atoms with E-state index in [2.05, 4.69) is 9.88 Å². The fraction of sp³-hybridized carbons (Fsp3) is 0.400. The van der Waals surface area contributed by atoms with Gasteiger partial charge in [0, 0.05) is 13.1 Å². The zero-order valence-electron chi connectivity index (χ0n) is 8.44. The number of primary amides is 1. The van der Waals surface area contributed by atoms with Gasteiger partial charge in [-0.25, -0.2) is 4.98 Å². The standard InChI is InChI=1S/C10H14N4O/c11-9-5-7(10(12)15)8(6-13-9)14-3-1-2-4-14/h5-6H,1-4H2,(H2,11,13)(H2,12,15). The number of nitrogens with zero attached hydrogens (tertiary/aromatic N) is 2. The van der Waals surface area contributed by atoms with Crippen LogP contribution in [-0.2, 0) is 0 Å². The molecule has 1 saturated heterocycles. The van der Waals surface area contributed by atoms with Crippen LogP contribution in [0.2, 0.25) is 0 Å². The molecule has 1 aromatic rings. The minimum Gasteiger partial charge on any atom is -0.384 e. The van der Waals surface area contributed by atoms with Gasteiger partial charge in [-0.2, -0.15) is 0 Å². The molecule has 1 amide bonds. The van der Waals surface area contributed by atoms with Crippen LogP contribution < -0.4 is 16.4 Å². The second-order valence-electron chi connectivity index (χ2n) is 3.68. The molecule has 15 heavy (non-hydrogen) atoms. The van der Waals surface area contributed by atoms with Crippen LogP contribution in [0.3, 0.4) is 0 Å². The number of rotatable bonds is 2. The highest BCUT2D eigenvalue weighted by atomic mass is 16.1. The molecular formula is C10H14N4O. The second-order valence-corrected chi connectivity index (χ2v) is 3.68. The van der Waals surface area contributed by atoms with Crippen molar-refractivity contribution in [3.05, 3.63) is 17.8 Å². The molecule has 0 aliphatic carbocycles. The lowest BCUT2D eigenvalue weighted by molar-refractivity contribution is 0.100. The van der Waals surface area contributed by atoms with Crippen LogP contribution in [0.4, 0.5) is 11.5 Å². The number of pyridine rings is 1. The lowest BCUT2D eigenvalue weighted by atomic mass is 10.2. The van der Waals surface area contributed by atoms with E-state index in [-0.39, 0.29) is 0 Å². The maximum atomic E-state index is 11.2. The minimum absolute atomic E-state index is 0.326. The number of hydrogen-bond acceptors (Lipinski definition) is 4. The Bertz CT molecular complexity index is 385. The Morgan fingerprint density at radius 2 is 2.07 bits per heavy atom. The van der Waals surface area contributed by atoms with E-state index in [9.17, 15) is 4.79 Å². The first kappa shape index (κ1) is 9.76. The van der Waals surface area contributed by atoms with Gasteiger partial charge in [0.05, 0.1) is 17.4 Å². The van der Waals surface area contributed by atoms with E-state index in [1.165, 1.54) is 6.07 Å². The summed E-state index contributed by atoms with van der Waals surface area (Å²) >= 11 is 0. The summed E-state index contributed by atoms with van der Waals surface area (Å²) in [7, 11) is 0. The molecule has 4 N–H and O–H groups in total. The van der Waals surface area contributed by atoms with E-state index >= 15 is 0 Å². The van der Waals surface area contributed by atoms with Gasteiger partial charge in [-0.15, -0.1) is 0 Å². The van der Waals surface area contributed by atoms with Crippen LogP contribution in [0.1, 0.15) is 23.2 Å². The maximum Gasteiger partial charge on any atom is 0.251 e. The summed E-state index contributed by atoms with van der Waals surface area (Å²) in [6.45, 7) is 1.90. The Hall–Kier alpha value is -1.78. The highest BCUT2D eigenvalue weighted by Gasteiger charge is 2.18. The fourth-order valence-corrected chi connectivity index (χ4v) is 1.87. The smallest absolute Gasteiger partial charge is 0.251 e. The zero-order valence-corrected chi connectivity index (χ0v) is 8.44. The van der Waals surface area contributed by atoms with Crippen molar-refractivity contribution in [2.24, 2.45) is 5.73 Å². The van der Waals surface area contributed by atoms with Gasteiger partial charge in [0.1, 0.15) is 5.82 Å². The molecule has 1 aliphatic rings. The number of nitrogen functional groups attached to an aromatic ring is 1. The highest BCUT2D eigenvalue weighted by molar-refractivity contribution is 5.99. The van der Waals surface area contributed by atoms with E-state index in [4.69, 9.17) is 11.5 Å². The molecule has 0 aromatic carbocycles. The number of hydrogen-bond donors (Lipinski definition) is 2. The first-order chi connectivity index (χ1) is 7.18. The normalized spacial score (nSPS) is 15.6. The van der Waals surface area contributed by atoms with Crippen LogP contribution >= 0.6 is 0 Å². The van der Waals surface area contributed by atoms with Crippen LogP contribution in [0.15, 0.2) is 12.3 Å². The molecule has 5 nitrogen and oxygen atoms in total. The Labute approximate surface area is 88.1 Å². The first-order valence-corrected chi connectivity index (χ1v) is 4.99. The molecule has 0 spiro atoms. The molecular weight excluding hydrogens is 192 g/mol. The summed E-state index contributed by atoms with van der Waals surface area (Å²) in [5.41, 5.74) is 12.1. The molecule has 2 heterocycles. The number of carbonyl (C=O) groups is 1. The van der Waals surface area contributed by atoms with Gasteiger partial charge in [-0.3, -0.25) is 4.79 Å². The van der Waals surface area contributed by atoms with E-state index < -0.39 is 5.91 Å². The van der Waals surface area contributed by atoms with Gasteiger partial charge < -0.3 is 16.4 Å². The average molecular weight is 206 g/mol. The number of carbonyl (C=O) groups excluding carboxylic acids is 1. The summed E-state index contributed by atoms with van der Waals surface area (Å²) < 4.78 is 0. The lowest BCUT2D eigenvalue weighted by Crippen LogP contribution is -2.23. The fourth-order valence-electron chi connectivity index (χ4n) is 1.87. The van der Waals surface area contributed by atoms with Crippen molar-refractivity contribution < 1.29 is 4.79 Å². The van der Waals surface area contributed by atoms with Gasteiger partial charge in [0.2, 0.25) is 0 Å². The summed E-state index contributed by atoms with van der Waals surface area (Å²) in [6, 6.07) is 1.54. The summed E-state index contributed by atoms with van der Waals surface area (Å²) in [5.74, 6) is -0.127. The van der Waals surface area contributed by atoms with Crippen molar-refractivity contribution >= 4 is 17.4 Å². The quantitative estimate of drug-likeness (QED) is 0.731. The summed E-state index contributed by atoms with van der Waals surface area (Å²) in [6.07, 6.45) is 3.91. The van der Waals surface area contributed by atoms with Crippen LogP contribution in [0.25, 0.3) is 0 Å². The third-order valence-electron chi connectivity index (χ3n) is 2.62. The van der Waals surface area contributed by atoms with E-state index in [1.807, 2.05) is 0 Å². The van der Waals surface area contributed by atoms with Crippen LogP contribution in [0, 0.1) is 0 Å². The third-order valence-corrected chi connectivity index (χ3v) is 2.62. The zero-order chi connectivity index (χ0) is 10.8. The maximum absolute atomic E-state index is 11.2. The third kappa shape index (κ3) is 1.86. The molecule has 1 fully saturated rings. The van der Waals surface area contributed by atoms with Gasteiger partial charge in [0.15, 0.2) is 0 Å². The number of aromatic nitrogens is 1. The largest absolute Gasteiger partial charge is 0.384 e. The molecule has 5 heteroatoms. The van der Waals surface area contributed by atoms with Gasteiger partial charge >= 0.3 is 0 Å². The van der Waals surface area contributed by atoms with Crippen molar-refractivity contribution in [3.63, 3.8) is 0 Å². The molecule has 0 unspecified atom stereocenters. The second kappa shape index (κ2) is 3.76. The summed E-state index contributed by atoms with van der Waals surface area (Å²) in [5, 5.41) is 0. The Morgan fingerprint density at radius 3 is 2.67 bits per heavy atom. The molecule has 1 aliphatic heterocycles. The molecule has 0 radical (unpaired) electrons. The average Bonchev–Trinajstić information content (AvgIpc) is 2.70. The van der Waals surface area contributed by atoms with Crippen molar-refractivity contribution in [1.29, 1.82) is 0 Å². The van der Waals surface area contributed by atoms with Crippen molar-refractivity contribution in [2.45, 2.75) is 12.8 Å². The molecule has 0 bridgehead atoms. The summed E-state index contributed by atoms with van der Waals surface area (Å²) in [4.78, 5) is 17.4. The van der Waals surface area contributed by atoms with Crippen LogP contribution in [-0.4, -0.2) is 24.0 Å². The number of nitrogens with two attached hydrogens (primary N) is 2. The molecule has 2 rings (SSSR count). The number of anilines is 2. The van der Waals surface area contributed by atoms with E-state index in [0.29, 0.717) is 11.4 Å². The molecule has 0 atom stereocenters. The predicted octanol–water partition coefficient (Wildman–Crippen LogP) is 0.363. The lowest BCUT2D eigenvalue weighted by Gasteiger charge is -2.19. The molecule has 80 valence electrons. The van der Waals surface area contributed by atoms with Gasteiger partial charge in [-0.1, -0.05) is 0 Å². The highest BCUT2D eigenvalue weighted by Crippen LogP contribution is 2.24. The van der Waals surface area contributed by atoms with E-state index in [0.717, 1.165) is 31.6 Å². The van der Waals surface area contributed by atoms with Gasteiger partial charge in [0.25, 0.3) is 5.91 Å². The SMILES string of the molecule is NC(=O)c1cc(N)ncc1N1CCCC1. The molecule has 1 aromatic heterocycles. The Kier molecular flexibility index (Phi) is 2.45. The van der Waals surface area contributed by atoms with E-state index in [1.54, 1.807) is 6.20 Å². The monoisotopic (exact) mass is 206 g/mol. The van der Waals surface area contributed by atoms with Crippen LogP contribution in [0.5, 0.6) is 0 Å². The first-order valence-electron chi connectivity index (χ1n) is 4.99. The minimum atomic E-state index is -0.453. The predicted molar refractivity (Wildman–Crippen MR) is 58.6 cm³/mol. The van der Waals surface area contributed by atoms with Crippen molar-refractivity contribution in [1.82, 2.24) is 4.98 Å². The Balaban J connectivity index is 2.40. The molecule has 0 saturated carbocycles.